The van der Waals surface area contributed by atoms with Crippen LogP contribution in [0.25, 0.3) is 0 Å². The Bertz CT molecular complexity index is 1230. The molecule has 2 unspecified atom stereocenters. The number of aliphatic hydroxyl groups excluding tert-OH is 2. The molecule has 0 heterocycles. The second kappa shape index (κ2) is 68.8. The zero-order valence-corrected chi connectivity index (χ0v) is 53.6. The predicted octanol–water partition coefficient (Wildman–Crippen LogP) is 23.3. The molecule has 0 bridgehead atoms. The summed E-state index contributed by atoms with van der Waals surface area (Å²) in [6, 6.07) is -0.540. The van der Waals surface area contributed by atoms with Gasteiger partial charge in [0.25, 0.3) is 0 Å². The number of aliphatic hydroxyl groups is 2. The van der Waals surface area contributed by atoms with E-state index >= 15 is 0 Å². The van der Waals surface area contributed by atoms with Crippen LogP contribution in [0, 0.1) is 0 Å². The lowest BCUT2D eigenvalue weighted by atomic mass is 10.0. The third-order valence-electron chi connectivity index (χ3n) is 17.0. The lowest BCUT2D eigenvalue weighted by Gasteiger charge is -2.22. The van der Waals surface area contributed by atoms with Gasteiger partial charge in [-0.2, -0.15) is 0 Å². The highest BCUT2D eigenvalue weighted by atomic mass is 16.5. The van der Waals surface area contributed by atoms with Crippen molar-refractivity contribution in [1.29, 1.82) is 0 Å². The largest absolute Gasteiger partial charge is 0.466 e. The number of hydrogen-bond acceptors (Lipinski definition) is 5. The smallest absolute Gasteiger partial charge is 0.305 e. The standard InChI is InChI=1S/C73H141NO5/c1-3-5-7-9-11-13-15-17-19-21-33-37-41-45-49-53-57-61-65-71(76)70(69-75)74-72(77)66-62-58-54-50-46-42-38-34-31-29-27-25-23-24-26-28-30-32-36-40-44-48-52-56-60-64-68-79-73(78)67-63-59-55-51-47-43-39-35-22-20-18-16-14-12-10-8-6-4-2/h14,16,20,22,70-71,75-76H,3-13,15,17-19,21,23-69H2,1-2H3,(H,74,77)/b16-14-,22-20-. The Hall–Kier alpha value is -1.66. The molecule has 0 radical (unpaired) electrons. The molecule has 0 saturated heterocycles. The van der Waals surface area contributed by atoms with Crippen molar-refractivity contribution < 1.29 is 24.5 Å². The van der Waals surface area contributed by atoms with E-state index in [9.17, 15) is 19.8 Å². The Morgan fingerprint density at radius 2 is 0.633 bits per heavy atom. The van der Waals surface area contributed by atoms with E-state index in [-0.39, 0.29) is 18.5 Å². The van der Waals surface area contributed by atoms with Gasteiger partial charge in [0.05, 0.1) is 25.4 Å². The van der Waals surface area contributed by atoms with Crippen molar-refractivity contribution in [3.63, 3.8) is 0 Å². The highest BCUT2D eigenvalue weighted by Crippen LogP contribution is 2.19. The minimum atomic E-state index is -0.663. The van der Waals surface area contributed by atoms with Crippen LogP contribution in [0.4, 0.5) is 0 Å². The van der Waals surface area contributed by atoms with E-state index in [4.69, 9.17) is 4.74 Å². The van der Waals surface area contributed by atoms with Crippen molar-refractivity contribution in [1.82, 2.24) is 5.32 Å². The Morgan fingerprint density at radius 1 is 0.354 bits per heavy atom. The minimum Gasteiger partial charge on any atom is -0.466 e. The number of hydrogen-bond donors (Lipinski definition) is 3. The van der Waals surface area contributed by atoms with E-state index < -0.39 is 12.1 Å². The minimum absolute atomic E-state index is 0.0108. The van der Waals surface area contributed by atoms with Gasteiger partial charge in [-0.1, -0.05) is 359 Å². The number of rotatable bonds is 68. The number of esters is 1. The van der Waals surface area contributed by atoms with Crippen LogP contribution in [0.2, 0.25) is 0 Å². The maximum absolute atomic E-state index is 12.5. The summed E-state index contributed by atoms with van der Waals surface area (Å²) in [7, 11) is 0. The zero-order valence-electron chi connectivity index (χ0n) is 53.6. The molecule has 0 aliphatic rings. The summed E-state index contributed by atoms with van der Waals surface area (Å²) < 4.78 is 5.50. The van der Waals surface area contributed by atoms with Crippen molar-refractivity contribution in [2.24, 2.45) is 0 Å². The van der Waals surface area contributed by atoms with Gasteiger partial charge >= 0.3 is 5.97 Å². The number of allylic oxidation sites excluding steroid dienone is 4. The van der Waals surface area contributed by atoms with Crippen LogP contribution in [0.15, 0.2) is 24.3 Å². The molecule has 0 aromatic carbocycles. The summed E-state index contributed by atoms with van der Waals surface area (Å²) in [6.45, 7) is 4.97. The van der Waals surface area contributed by atoms with Gasteiger partial charge in [-0.05, 0) is 57.8 Å². The van der Waals surface area contributed by atoms with Crippen LogP contribution in [0.3, 0.4) is 0 Å². The number of carbonyl (C=O) groups is 2. The monoisotopic (exact) mass is 1110 g/mol. The maximum atomic E-state index is 12.5. The molecule has 2 atom stereocenters. The second-order valence-electron chi connectivity index (χ2n) is 24.9. The van der Waals surface area contributed by atoms with Gasteiger partial charge in [0.2, 0.25) is 5.91 Å². The third kappa shape index (κ3) is 65.4. The first-order valence-electron chi connectivity index (χ1n) is 36.1. The molecule has 0 aliphatic heterocycles. The molecule has 6 heteroatoms. The topological polar surface area (TPSA) is 95.9 Å². The fourth-order valence-electron chi connectivity index (χ4n) is 11.5. The Balaban J connectivity index is 3.35. The molecule has 0 aromatic rings. The summed E-state index contributed by atoms with van der Waals surface area (Å²) >= 11 is 0. The average Bonchev–Trinajstić information content (AvgIpc) is 3.45. The molecule has 0 aliphatic carbocycles. The van der Waals surface area contributed by atoms with Gasteiger partial charge < -0.3 is 20.3 Å². The number of unbranched alkanes of at least 4 members (excludes halogenated alkanes) is 53. The van der Waals surface area contributed by atoms with Crippen LogP contribution < -0.4 is 5.32 Å². The van der Waals surface area contributed by atoms with Crippen molar-refractivity contribution >= 4 is 11.9 Å². The Morgan fingerprint density at radius 3 is 0.975 bits per heavy atom. The normalized spacial score (nSPS) is 12.6. The summed E-state index contributed by atoms with van der Waals surface area (Å²) in [5.41, 5.74) is 0. The summed E-state index contributed by atoms with van der Waals surface area (Å²) in [6.07, 6.45) is 86.5. The molecule has 3 N–H and O–H groups in total. The number of ether oxygens (including phenoxy) is 1. The van der Waals surface area contributed by atoms with Gasteiger partial charge in [0.1, 0.15) is 0 Å². The lowest BCUT2D eigenvalue weighted by molar-refractivity contribution is -0.143. The second-order valence-corrected chi connectivity index (χ2v) is 24.9. The van der Waals surface area contributed by atoms with Crippen LogP contribution in [0.1, 0.15) is 406 Å². The van der Waals surface area contributed by atoms with Gasteiger partial charge in [0.15, 0.2) is 0 Å². The van der Waals surface area contributed by atoms with E-state index in [0.29, 0.717) is 25.9 Å². The molecule has 6 nitrogen and oxygen atoms in total. The van der Waals surface area contributed by atoms with E-state index in [1.54, 1.807) is 0 Å². The van der Waals surface area contributed by atoms with Crippen molar-refractivity contribution in [3.8, 4) is 0 Å². The molecule has 0 saturated carbocycles. The first-order chi connectivity index (χ1) is 39.0. The zero-order chi connectivity index (χ0) is 57.1. The molecule has 79 heavy (non-hydrogen) atoms. The first-order valence-corrected chi connectivity index (χ1v) is 36.1. The van der Waals surface area contributed by atoms with Gasteiger partial charge in [-0.15, -0.1) is 0 Å². The number of nitrogens with one attached hydrogen (secondary N) is 1. The van der Waals surface area contributed by atoms with E-state index in [1.807, 2.05) is 0 Å². The van der Waals surface area contributed by atoms with Crippen molar-refractivity contribution in [3.05, 3.63) is 24.3 Å². The van der Waals surface area contributed by atoms with E-state index in [2.05, 4.69) is 43.5 Å². The van der Waals surface area contributed by atoms with Gasteiger partial charge in [0, 0.05) is 12.8 Å². The fourth-order valence-corrected chi connectivity index (χ4v) is 11.5. The fraction of sp³-hybridized carbons (Fsp3) is 0.918. The maximum Gasteiger partial charge on any atom is 0.305 e. The summed E-state index contributed by atoms with van der Waals surface area (Å²) in [5, 5.41) is 23.4. The predicted molar refractivity (Wildman–Crippen MR) is 347 cm³/mol. The summed E-state index contributed by atoms with van der Waals surface area (Å²) in [5.74, 6) is -0.0180. The van der Waals surface area contributed by atoms with Crippen molar-refractivity contribution in [2.45, 2.75) is 418 Å². The summed E-state index contributed by atoms with van der Waals surface area (Å²) in [4.78, 5) is 24.6. The lowest BCUT2D eigenvalue weighted by Crippen LogP contribution is -2.45. The van der Waals surface area contributed by atoms with E-state index in [1.165, 1.54) is 321 Å². The van der Waals surface area contributed by atoms with Crippen LogP contribution in [0.5, 0.6) is 0 Å². The van der Waals surface area contributed by atoms with Gasteiger partial charge in [-0.3, -0.25) is 9.59 Å². The average molecular weight is 1110 g/mol. The Kier molecular flexibility index (Phi) is 67.4. The van der Waals surface area contributed by atoms with Crippen LogP contribution >= 0.6 is 0 Å². The number of amides is 1. The first kappa shape index (κ1) is 77.3. The number of carbonyl (C=O) groups excluding carboxylic acids is 2. The molecule has 0 fully saturated rings. The highest BCUT2D eigenvalue weighted by Gasteiger charge is 2.20. The van der Waals surface area contributed by atoms with Crippen LogP contribution in [-0.4, -0.2) is 47.4 Å². The molecule has 468 valence electrons. The molecule has 0 rings (SSSR count). The molecule has 1 amide bonds. The molecular weight excluding hydrogens is 971 g/mol. The quantitative estimate of drug-likeness (QED) is 0.0320. The Labute approximate surface area is 494 Å². The van der Waals surface area contributed by atoms with Gasteiger partial charge in [-0.25, -0.2) is 0 Å². The molecular formula is C73H141NO5. The molecule has 0 aromatic heterocycles. The van der Waals surface area contributed by atoms with Crippen molar-refractivity contribution in [2.75, 3.05) is 13.2 Å². The van der Waals surface area contributed by atoms with E-state index in [0.717, 1.165) is 51.4 Å². The third-order valence-corrected chi connectivity index (χ3v) is 17.0. The molecule has 0 spiro atoms. The van der Waals surface area contributed by atoms with Crippen LogP contribution in [-0.2, 0) is 14.3 Å². The highest BCUT2D eigenvalue weighted by molar-refractivity contribution is 5.76. The SMILES string of the molecule is CCCCCC/C=C\C/C=C\CCCCCCCCCC(=O)OCCCCCCCCCCCCCCCCCCCCCCCCCCCCC(=O)NC(CO)C(O)CCCCCCCCCCCCCCCCCCCC.